The van der Waals surface area contributed by atoms with E-state index in [1.165, 1.54) is 33.4 Å². The number of hydrogen-bond acceptors (Lipinski definition) is 2. The van der Waals surface area contributed by atoms with Crippen LogP contribution in [-0.4, -0.2) is 0 Å². The van der Waals surface area contributed by atoms with Gasteiger partial charge in [-0.3, -0.25) is 0 Å². The van der Waals surface area contributed by atoms with Gasteiger partial charge < -0.3 is 0 Å². The van der Waals surface area contributed by atoms with Crippen molar-refractivity contribution in [3.63, 3.8) is 0 Å². The van der Waals surface area contributed by atoms with Crippen molar-refractivity contribution in [1.29, 1.82) is 0 Å². The maximum absolute atomic E-state index is 5.51. The van der Waals surface area contributed by atoms with Gasteiger partial charge in [-0.2, -0.15) is 0 Å². The van der Waals surface area contributed by atoms with E-state index in [1.807, 2.05) is 0 Å². The Kier molecular flexibility index (Phi) is 9.95. The van der Waals surface area contributed by atoms with Gasteiger partial charge in [-0.1, -0.05) is 149 Å². The summed E-state index contributed by atoms with van der Waals surface area (Å²) >= 11 is 2.51. The second-order valence-electron chi connectivity index (χ2n) is 17.8. The Balaban J connectivity index is 3.12. The summed E-state index contributed by atoms with van der Waals surface area (Å²) in [6, 6.07) is 9.64. The van der Waals surface area contributed by atoms with Crippen molar-refractivity contribution >= 4 is 38.6 Å². The molecule has 40 heavy (non-hydrogen) atoms. The molecule has 0 amide bonds. The summed E-state index contributed by atoms with van der Waals surface area (Å²) in [7, 11) is 0. The first-order chi connectivity index (χ1) is 17.5. The smallest absolute Gasteiger partial charge is 0.133 e. The van der Waals surface area contributed by atoms with Crippen molar-refractivity contribution < 1.29 is 0 Å². The van der Waals surface area contributed by atoms with Gasteiger partial charge in [-0.05, 0) is 65.9 Å². The maximum Gasteiger partial charge on any atom is 0.133 e. The zero-order valence-electron chi connectivity index (χ0n) is 29.0. The highest BCUT2D eigenvalue weighted by Gasteiger charge is 2.31. The molecular weight excluding hydrogens is 618 g/mol. The van der Waals surface area contributed by atoms with E-state index in [-0.39, 0.29) is 32.5 Å². The highest BCUT2D eigenvalue weighted by Crippen LogP contribution is 2.50. The Bertz CT molecular complexity index is 1160. The fraction of sp³-hybridized carbons (Fsp3) is 0.667. The van der Waals surface area contributed by atoms with Gasteiger partial charge in [0.05, 0.1) is 11.4 Å². The maximum atomic E-state index is 5.51. The number of benzene rings is 2. The first-order valence-electron chi connectivity index (χ1n) is 14.8. The van der Waals surface area contributed by atoms with Crippen molar-refractivity contribution in [1.82, 2.24) is 0 Å². The first-order valence-corrected chi connectivity index (χ1v) is 18.9. The lowest BCUT2D eigenvalue weighted by atomic mass is 9.74. The van der Waals surface area contributed by atoms with Crippen LogP contribution in [0, 0.1) is 0 Å². The van der Waals surface area contributed by atoms with E-state index in [9.17, 15) is 0 Å². The molecule has 0 bridgehead atoms. The molecule has 0 saturated carbocycles. The van der Waals surface area contributed by atoms with Crippen LogP contribution in [0.5, 0.6) is 0 Å². The highest BCUT2D eigenvalue weighted by atomic mass is 127. The van der Waals surface area contributed by atoms with Crippen molar-refractivity contribution in [2.45, 2.75) is 157 Å². The van der Waals surface area contributed by atoms with Crippen LogP contribution in [0.3, 0.4) is 0 Å². The molecule has 2 aromatic carbocycles. The Hall–Kier alpha value is -0.930. The van der Waals surface area contributed by atoms with Gasteiger partial charge in [0, 0.05) is 22.0 Å². The second-order valence-corrected chi connectivity index (χ2v) is 21.3. The lowest BCUT2D eigenvalue weighted by Crippen LogP contribution is -2.21. The molecule has 4 heteroatoms. The van der Waals surface area contributed by atoms with E-state index in [0.29, 0.717) is 0 Å². The van der Waals surface area contributed by atoms with Gasteiger partial charge in [0.25, 0.3) is 0 Å². The summed E-state index contributed by atoms with van der Waals surface area (Å²) in [5.74, 6) is 0. The molecule has 0 aliphatic heterocycles. The molecule has 0 atom stereocenters. The standard InChI is InChI=1S/C36H58IN2P/c1-31(2,3)23-19-25(33(7,8)9)29(26(20-23)34(10,11)12)38-40(37)39-30-27(35(13,14)15)21-24(32(4,5)6)22-28(30)36(16,17)18/h19-22H,1-18H3. The minimum Gasteiger partial charge on any atom is -0.209 e. The molecule has 0 radical (unpaired) electrons. The molecule has 0 aliphatic rings. The molecule has 0 saturated heterocycles. The highest BCUT2D eigenvalue weighted by molar-refractivity contribution is 14.2. The topological polar surface area (TPSA) is 24.7 Å². The monoisotopic (exact) mass is 676 g/mol. The first kappa shape index (κ1) is 35.3. The summed E-state index contributed by atoms with van der Waals surface area (Å²) in [5.41, 5.74) is 10.3. The van der Waals surface area contributed by atoms with Crippen LogP contribution in [0.25, 0.3) is 0 Å². The van der Waals surface area contributed by atoms with Gasteiger partial charge in [0.1, 0.15) is 5.15 Å². The minimum absolute atomic E-state index is 0.0333. The fourth-order valence-corrected chi connectivity index (χ4v) is 6.92. The molecule has 0 heterocycles. The predicted octanol–water partition coefficient (Wildman–Crippen LogP) is 13.6. The normalized spacial score (nSPS) is 14.7. The van der Waals surface area contributed by atoms with E-state index in [2.05, 4.69) is 171 Å². The third-order valence-corrected chi connectivity index (χ3v) is 9.57. The zero-order valence-corrected chi connectivity index (χ0v) is 32.1. The molecule has 0 N–H and O–H groups in total. The summed E-state index contributed by atoms with van der Waals surface area (Å²) in [5, 5.41) is -1.04. The lowest BCUT2D eigenvalue weighted by molar-refractivity contribution is 0.549. The molecule has 0 aliphatic carbocycles. The Morgan fingerprint density at radius 3 is 0.750 bits per heavy atom. The average molecular weight is 677 g/mol. The van der Waals surface area contributed by atoms with Crippen LogP contribution in [0.4, 0.5) is 11.4 Å². The molecule has 2 rings (SSSR count). The Labute approximate surface area is 261 Å². The van der Waals surface area contributed by atoms with Crippen LogP contribution in [-0.2, 0) is 32.5 Å². The molecule has 224 valence electrons. The second kappa shape index (κ2) is 11.3. The van der Waals surface area contributed by atoms with E-state index < -0.39 is 5.15 Å². The Morgan fingerprint density at radius 2 is 0.600 bits per heavy atom. The summed E-state index contributed by atoms with van der Waals surface area (Å²) in [6.45, 7) is 41.6. The van der Waals surface area contributed by atoms with Gasteiger partial charge in [0.15, 0.2) is 0 Å². The van der Waals surface area contributed by atoms with Crippen molar-refractivity contribution in [3.8, 4) is 0 Å². The number of hydrogen-bond donors (Lipinski definition) is 0. The van der Waals surface area contributed by atoms with Crippen LogP contribution >= 0.6 is 27.2 Å². The largest absolute Gasteiger partial charge is 0.209 e. The van der Waals surface area contributed by atoms with E-state index in [0.717, 1.165) is 11.4 Å². The van der Waals surface area contributed by atoms with E-state index >= 15 is 0 Å². The van der Waals surface area contributed by atoms with Gasteiger partial charge >= 0.3 is 0 Å². The third kappa shape index (κ3) is 8.56. The molecule has 0 unspecified atom stereocenters. The van der Waals surface area contributed by atoms with Crippen molar-refractivity contribution in [2.75, 3.05) is 0 Å². The molecule has 0 fully saturated rings. The van der Waals surface area contributed by atoms with Crippen LogP contribution in [0.1, 0.15) is 158 Å². The lowest BCUT2D eigenvalue weighted by Gasteiger charge is -2.32. The zero-order chi connectivity index (χ0) is 31.4. The van der Waals surface area contributed by atoms with Gasteiger partial charge in [0.2, 0.25) is 0 Å². The molecule has 0 aromatic heterocycles. The van der Waals surface area contributed by atoms with Gasteiger partial charge in [-0.15, -0.1) is 0 Å². The SMILES string of the molecule is CC(C)(C)c1cc(C(C)(C)C)c(N=P(I)=Nc2c(C(C)(C)C)cc(C(C)(C)C)cc2C(C)(C)C)c(C(C)(C)C)c1. The molecule has 2 nitrogen and oxygen atoms in total. The summed E-state index contributed by atoms with van der Waals surface area (Å²) < 4.78 is 11.0. The van der Waals surface area contributed by atoms with Crippen LogP contribution in [0.15, 0.2) is 33.8 Å². The van der Waals surface area contributed by atoms with Crippen LogP contribution < -0.4 is 0 Å². The minimum atomic E-state index is -1.04. The van der Waals surface area contributed by atoms with E-state index in [4.69, 9.17) is 9.49 Å². The quantitative estimate of drug-likeness (QED) is 0.223. The summed E-state index contributed by atoms with van der Waals surface area (Å²) in [4.78, 5) is 0. The molecule has 0 spiro atoms. The van der Waals surface area contributed by atoms with Gasteiger partial charge in [-0.25, -0.2) is 9.49 Å². The molecule has 2 aromatic rings. The average Bonchev–Trinajstić information content (AvgIpc) is 2.68. The molecular formula is C36H58IN2P. The predicted molar refractivity (Wildman–Crippen MR) is 190 cm³/mol. The Morgan fingerprint density at radius 1 is 0.400 bits per heavy atom. The van der Waals surface area contributed by atoms with Crippen molar-refractivity contribution in [3.05, 3.63) is 57.6 Å². The third-order valence-electron chi connectivity index (χ3n) is 7.55. The fourth-order valence-electron chi connectivity index (χ4n) is 4.82. The van der Waals surface area contributed by atoms with Crippen molar-refractivity contribution in [2.24, 2.45) is 9.49 Å². The summed E-state index contributed by atoms with van der Waals surface area (Å²) in [6.07, 6.45) is 0. The van der Waals surface area contributed by atoms with E-state index in [1.54, 1.807) is 0 Å². The number of rotatable bonds is 2. The van der Waals surface area contributed by atoms with Crippen LogP contribution in [0.2, 0.25) is 0 Å². The number of nitrogens with zero attached hydrogens (tertiary/aromatic N) is 2. The number of halogens is 1.